The predicted molar refractivity (Wildman–Crippen MR) is 69.0 cm³/mol. The molecule has 0 aliphatic carbocycles. The number of aryl methyl sites for hydroxylation is 1. The molecule has 1 heterocycles. The summed E-state index contributed by atoms with van der Waals surface area (Å²) >= 11 is 5.94. The van der Waals surface area contributed by atoms with Crippen LogP contribution in [-0.4, -0.2) is 16.5 Å². The quantitative estimate of drug-likeness (QED) is 0.820. The van der Waals surface area contributed by atoms with Crippen LogP contribution in [0.25, 0.3) is 0 Å². The standard InChI is InChI=1S/C12H20ClN3/c1-5-6-10-15-9(13)7-11(16-10)14-8-12(2,3)4/h7H,5-6,8H2,1-4H3,(H,14,15,16). The van der Waals surface area contributed by atoms with Crippen LogP contribution < -0.4 is 5.32 Å². The van der Waals surface area contributed by atoms with Gasteiger partial charge in [-0.2, -0.15) is 0 Å². The van der Waals surface area contributed by atoms with Crippen molar-refractivity contribution in [1.29, 1.82) is 0 Å². The van der Waals surface area contributed by atoms with E-state index in [0.29, 0.717) is 5.15 Å². The van der Waals surface area contributed by atoms with Crippen molar-refractivity contribution in [3.8, 4) is 0 Å². The minimum absolute atomic E-state index is 0.225. The minimum atomic E-state index is 0.225. The van der Waals surface area contributed by atoms with Crippen molar-refractivity contribution >= 4 is 17.4 Å². The molecule has 0 spiro atoms. The van der Waals surface area contributed by atoms with Crippen molar-refractivity contribution in [1.82, 2.24) is 9.97 Å². The molecule has 0 unspecified atom stereocenters. The first-order chi connectivity index (χ1) is 7.40. The maximum atomic E-state index is 5.94. The third kappa shape index (κ3) is 4.79. The van der Waals surface area contributed by atoms with Crippen LogP contribution in [0.5, 0.6) is 0 Å². The average Bonchev–Trinajstić information content (AvgIpc) is 2.13. The van der Waals surface area contributed by atoms with Crippen LogP contribution in [0.2, 0.25) is 5.15 Å². The normalized spacial score (nSPS) is 11.6. The molecule has 1 aromatic heterocycles. The summed E-state index contributed by atoms with van der Waals surface area (Å²) in [4.78, 5) is 8.60. The van der Waals surface area contributed by atoms with Crippen molar-refractivity contribution in [2.75, 3.05) is 11.9 Å². The zero-order valence-corrected chi connectivity index (χ0v) is 11.2. The van der Waals surface area contributed by atoms with Crippen molar-refractivity contribution in [2.45, 2.75) is 40.5 Å². The van der Waals surface area contributed by atoms with Crippen molar-refractivity contribution < 1.29 is 0 Å². The Labute approximate surface area is 103 Å². The highest BCUT2D eigenvalue weighted by Crippen LogP contribution is 2.16. The van der Waals surface area contributed by atoms with Gasteiger partial charge in [-0.3, -0.25) is 0 Å². The number of anilines is 1. The lowest BCUT2D eigenvalue weighted by Crippen LogP contribution is -2.20. The molecule has 0 saturated carbocycles. The summed E-state index contributed by atoms with van der Waals surface area (Å²) in [6.07, 6.45) is 1.89. The summed E-state index contributed by atoms with van der Waals surface area (Å²) in [6, 6.07) is 1.77. The van der Waals surface area contributed by atoms with E-state index in [4.69, 9.17) is 11.6 Å². The Kier molecular flexibility index (Phi) is 4.54. The third-order valence-electron chi connectivity index (χ3n) is 2.01. The molecule has 0 radical (unpaired) electrons. The van der Waals surface area contributed by atoms with E-state index in [0.717, 1.165) is 31.0 Å². The Morgan fingerprint density at radius 2 is 2.00 bits per heavy atom. The molecule has 1 N–H and O–H groups in total. The monoisotopic (exact) mass is 241 g/mol. The van der Waals surface area contributed by atoms with E-state index in [1.54, 1.807) is 6.07 Å². The zero-order valence-electron chi connectivity index (χ0n) is 10.5. The molecular formula is C12H20ClN3. The second-order valence-electron chi connectivity index (χ2n) is 5.16. The number of halogens is 1. The van der Waals surface area contributed by atoms with Crippen molar-refractivity contribution in [3.05, 3.63) is 17.0 Å². The van der Waals surface area contributed by atoms with Crippen LogP contribution in [0.4, 0.5) is 5.82 Å². The van der Waals surface area contributed by atoms with Gasteiger partial charge < -0.3 is 5.32 Å². The van der Waals surface area contributed by atoms with Crippen LogP contribution in [-0.2, 0) is 6.42 Å². The molecule has 0 aromatic carbocycles. The molecule has 0 bridgehead atoms. The van der Waals surface area contributed by atoms with Gasteiger partial charge in [-0.1, -0.05) is 39.3 Å². The fraction of sp³-hybridized carbons (Fsp3) is 0.667. The maximum Gasteiger partial charge on any atom is 0.134 e. The predicted octanol–water partition coefficient (Wildman–Crippen LogP) is 3.54. The van der Waals surface area contributed by atoms with Crippen LogP contribution in [0.1, 0.15) is 39.9 Å². The molecular weight excluding hydrogens is 222 g/mol. The molecule has 16 heavy (non-hydrogen) atoms. The van der Waals surface area contributed by atoms with E-state index in [9.17, 15) is 0 Å². The summed E-state index contributed by atoms with van der Waals surface area (Å²) < 4.78 is 0. The second-order valence-corrected chi connectivity index (χ2v) is 5.54. The average molecular weight is 242 g/mol. The van der Waals surface area contributed by atoms with E-state index in [1.165, 1.54) is 0 Å². The molecule has 0 amide bonds. The number of nitrogens with zero attached hydrogens (tertiary/aromatic N) is 2. The third-order valence-corrected chi connectivity index (χ3v) is 2.21. The largest absolute Gasteiger partial charge is 0.369 e. The first kappa shape index (κ1) is 13.2. The van der Waals surface area contributed by atoms with E-state index in [1.807, 2.05) is 0 Å². The van der Waals surface area contributed by atoms with Gasteiger partial charge in [0.1, 0.15) is 16.8 Å². The van der Waals surface area contributed by atoms with Gasteiger partial charge >= 0.3 is 0 Å². The summed E-state index contributed by atoms with van der Waals surface area (Å²) in [7, 11) is 0. The Morgan fingerprint density at radius 1 is 1.31 bits per heavy atom. The maximum absolute atomic E-state index is 5.94. The molecule has 0 aliphatic rings. The van der Waals surface area contributed by atoms with E-state index >= 15 is 0 Å². The minimum Gasteiger partial charge on any atom is -0.369 e. The summed E-state index contributed by atoms with van der Waals surface area (Å²) in [5.41, 5.74) is 0.225. The Bertz CT molecular complexity index is 345. The SMILES string of the molecule is CCCc1nc(Cl)cc(NCC(C)(C)C)n1. The van der Waals surface area contributed by atoms with Crippen LogP contribution in [0, 0.1) is 5.41 Å². The highest BCUT2D eigenvalue weighted by molar-refractivity contribution is 6.29. The second kappa shape index (κ2) is 5.48. The van der Waals surface area contributed by atoms with Gasteiger partial charge in [0.25, 0.3) is 0 Å². The molecule has 3 nitrogen and oxygen atoms in total. The van der Waals surface area contributed by atoms with Crippen molar-refractivity contribution in [3.63, 3.8) is 0 Å². The van der Waals surface area contributed by atoms with Crippen LogP contribution in [0.15, 0.2) is 6.07 Å². The van der Waals surface area contributed by atoms with E-state index in [2.05, 4.69) is 43.0 Å². The number of hydrogen-bond acceptors (Lipinski definition) is 3. The molecule has 90 valence electrons. The molecule has 1 aromatic rings. The Balaban J connectivity index is 2.72. The van der Waals surface area contributed by atoms with Gasteiger partial charge in [-0.05, 0) is 11.8 Å². The number of rotatable bonds is 4. The van der Waals surface area contributed by atoms with Gasteiger partial charge in [0.15, 0.2) is 0 Å². The van der Waals surface area contributed by atoms with Gasteiger partial charge in [0, 0.05) is 19.0 Å². The molecule has 1 rings (SSSR count). The van der Waals surface area contributed by atoms with Gasteiger partial charge in [0.05, 0.1) is 0 Å². The summed E-state index contributed by atoms with van der Waals surface area (Å²) in [6.45, 7) is 9.50. The number of nitrogens with one attached hydrogen (secondary N) is 1. The van der Waals surface area contributed by atoms with Crippen LogP contribution >= 0.6 is 11.6 Å². The molecule has 0 aliphatic heterocycles. The molecule has 0 fully saturated rings. The van der Waals surface area contributed by atoms with Crippen molar-refractivity contribution in [2.24, 2.45) is 5.41 Å². The lowest BCUT2D eigenvalue weighted by molar-refractivity contribution is 0.442. The fourth-order valence-corrected chi connectivity index (χ4v) is 1.45. The molecule has 0 saturated heterocycles. The Morgan fingerprint density at radius 3 is 2.56 bits per heavy atom. The lowest BCUT2D eigenvalue weighted by atomic mass is 9.97. The highest BCUT2D eigenvalue weighted by Gasteiger charge is 2.10. The first-order valence-corrected chi connectivity index (χ1v) is 6.06. The molecule has 0 atom stereocenters. The zero-order chi connectivity index (χ0) is 12.2. The number of aromatic nitrogens is 2. The lowest BCUT2D eigenvalue weighted by Gasteiger charge is -2.19. The fourth-order valence-electron chi connectivity index (χ4n) is 1.25. The smallest absolute Gasteiger partial charge is 0.134 e. The van der Waals surface area contributed by atoms with Gasteiger partial charge in [-0.15, -0.1) is 0 Å². The highest BCUT2D eigenvalue weighted by atomic mass is 35.5. The van der Waals surface area contributed by atoms with E-state index < -0.39 is 0 Å². The van der Waals surface area contributed by atoms with Gasteiger partial charge in [-0.25, -0.2) is 9.97 Å². The summed E-state index contributed by atoms with van der Waals surface area (Å²) in [5, 5.41) is 3.80. The summed E-state index contributed by atoms with van der Waals surface area (Å²) in [5.74, 6) is 1.63. The van der Waals surface area contributed by atoms with E-state index in [-0.39, 0.29) is 5.41 Å². The first-order valence-electron chi connectivity index (χ1n) is 5.68. The van der Waals surface area contributed by atoms with Gasteiger partial charge in [0.2, 0.25) is 0 Å². The number of hydrogen-bond donors (Lipinski definition) is 1. The Hall–Kier alpha value is -0.830. The molecule has 4 heteroatoms. The topological polar surface area (TPSA) is 37.8 Å². The van der Waals surface area contributed by atoms with Crippen LogP contribution in [0.3, 0.4) is 0 Å².